The number of hydrogen-bond acceptors (Lipinski definition) is 2. The Morgan fingerprint density at radius 1 is 1.09 bits per heavy atom. The molecule has 1 N–H and O–H groups in total. The molecule has 0 radical (unpaired) electrons. The van der Waals surface area contributed by atoms with Crippen LogP contribution in [0.5, 0.6) is 0 Å². The summed E-state index contributed by atoms with van der Waals surface area (Å²) in [5.41, 5.74) is 3.43. The van der Waals surface area contributed by atoms with Crippen molar-refractivity contribution in [1.29, 1.82) is 0 Å². The number of nitrogens with zero attached hydrogens (tertiary/aromatic N) is 2. The fourth-order valence-electron chi connectivity index (χ4n) is 5.47. The summed E-state index contributed by atoms with van der Waals surface area (Å²) in [6.45, 7) is 2.13. The van der Waals surface area contributed by atoms with Gasteiger partial charge in [0.15, 0.2) is 0 Å². The van der Waals surface area contributed by atoms with E-state index in [9.17, 15) is 22.7 Å². The molecule has 1 saturated carbocycles. The molecule has 33 heavy (non-hydrogen) atoms. The molecule has 1 fully saturated rings. The predicted octanol–water partition coefficient (Wildman–Crippen LogP) is 6.51. The van der Waals surface area contributed by atoms with Crippen LogP contribution in [0.25, 0.3) is 11.8 Å². The zero-order chi connectivity index (χ0) is 23.4. The van der Waals surface area contributed by atoms with E-state index in [1.807, 2.05) is 6.20 Å². The highest BCUT2D eigenvalue weighted by Gasteiger charge is 2.46. The van der Waals surface area contributed by atoms with Crippen LogP contribution in [0.15, 0.2) is 60.3 Å². The predicted molar refractivity (Wildman–Crippen MR) is 117 cm³/mol. The molecule has 1 heterocycles. The third-order valence-corrected chi connectivity index (χ3v) is 7.30. The minimum atomic E-state index is -4.40. The van der Waals surface area contributed by atoms with Crippen molar-refractivity contribution in [2.24, 2.45) is 11.3 Å². The van der Waals surface area contributed by atoms with Gasteiger partial charge in [-0.15, -0.1) is 0 Å². The Hall–Kier alpha value is -2.93. The van der Waals surface area contributed by atoms with Crippen molar-refractivity contribution in [3.63, 3.8) is 0 Å². The molecule has 3 aromatic rings. The van der Waals surface area contributed by atoms with Gasteiger partial charge in [0.2, 0.25) is 0 Å². The zero-order valence-corrected chi connectivity index (χ0v) is 18.1. The van der Waals surface area contributed by atoms with Crippen LogP contribution in [-0.4, -0.2) is 14.9 Å². The zero-order valence-electron chi connectivity index (χ0n) is 18.1. The number of rotatable bonds is 3. The van der Waals surface area contributed by atoms with E-state index in [0.29, 0.717) is 12.0 Å². The van der Waals surface area contributed by atoms with Crippen LogP contribution >= 0.6 is 0 Å². The second kappa shape index (κ2) is 7.83. The summed E-state index contributed by atoms with van der Waals surface area (Å²) in [4.78, 5) is 0. The van der Waals surface area contributed by atoms with E-state index in [-0.39, 0.29) is 17.2 Å². The summed E-state index contributed by atoms with van der Waals surface area (Å²) in [6.07, 6.45) is 1.92. The molecule has 3 atom stereocenters. The van der Waals surface area contributed by atoms with Gasteiger partial charge in [0, 0.05) is 0 Å². The third kappa shape index (κ3) is 3.78. The summed E-state index contributed by atoms with van der Waals surface area (Å²) in [6, 6.07) is 11.0. The molecular weight excluding hydrogens is 432 g/mol. The largest absolute Gasteiger partial charge is 0.416 e. The molecule has 0 unspecified atom stereocenters. The van der Waals surface area contributed by atoms with E-state index in [2.05, 4.69) is 18.1 Å². The first-order chi connectivity index (χ1) is 15.7. The maximum atomic E-state index is 13.4. The Labute approximate surface area is 189 Å². The molecule has 0 saturated heterocycles. The van der Waals surface area contributed by atoms with Crippen molar-refractivity contribution in [1.82, 2.24) is 9.78 Å². The molecule has 3 nitrogen and oxygen atoms in total. The Kier molecular flexibility index (Phi) is 5.20. The normalized spacial score (nSPS) is 23.5. The van der Waals surface area contributed by atoms with Crippen LogP contribution in [0.4, 0.5) is 17.6 Å². The number of benzene rings is 2. The van der Waals surface area contributed by atoms with E-state index in [1.165, 1.54) is 29.8 Å². The second-order valence-electron chi connectivity index (χ2n) is 9.27. The molecule has 7 heteroatoms. The van der Waals surface area contributed by atoms with Gasteiger partial charge in [0.25, 0.3) is 0 Å². The number of aliphatic hydroxyl groups excluding tert-OH is 1. The lowest BCUT2D eigenvalue weighted by Gasteiger charge is -2.47. The van der Waals surface area contributed by atoms with E-state index in [1.54, 1.807) is 16.8 Å². The van der Waals surface area contributed by atoms with Gasteiger partial charge in [0.05, 0.1) is 29.2 Å². The molecule has 2 aliphatic rings. The van der Waals surface area contributed by atoms with Gasteiger partial charge < -0.3 is 5.11 Å². The molecule has 2 aliphatic carbocycles. The fraction of sp³-hybridized carbons (Fsp3) is 0.346. The molecule has 0 bridgehead atoms. The van der Waals surface area contributed by atoms with E-state index >= 15 is 0 Å². The number of halogens is 4. The van der Waals surface area contributed by atoms with E-state index in [4.69, 9.17) is 0 Å². The summed E-state index contributed by atoms with van der Waals surface area (Å²) < 4.78 is 54.0. The molecule has 2 aromatic carbocycles. The highest BCUT2D eigenvalue weighted by Crippen LogP contribution is 2.54. The quantitative estimate of drug-likeness (QED) is 0.456. The van der Waals surface area contributed by atoms with Gasteiger partial charge in [-0.3, -0.25) is 0 Å². The van der Waals surface area contributed by atoms with Gasteiger partial charge in [0.1, 0.15) is 5.82 Å². The smallest absolute Gasteiger partial charge is 0.388 e. The fourth-order valence-corrected chi connectivity index (χ4v) is 5.47. The minimum absolute atomic E-state index is 0.128. The number of aromatic nitrogens is 2. The summed E-state index contributed by atoms with van der Waals surface area (Å²) in [7, 11) is 0. The van der Waals surface area contributed by atoms with Crippen molar-refractivity contribution in [3.05, 3.63) is 88.5 Å². The minimum Gasteiger partial charge on any atom is -0.388 e. The number of aliphatic hydroxyl groups is 1. The first-order valence-electron chi connectivity index (χ1n) is 11.1. The lowest BCUT2D eigenvalue weighted by Crippen LogP contribution is -2.40. The van der Waals surface area contributed by atoms with Crippen molar-refractivity contribution in [2.45, 2.75) is 44.9 Å². The average molecular weight is 456 g/mol. The van der Waals surface area contributed by atoms with Crippen LogP contribution < -0.4 is 0 Å². The molecule has 0 aliphatic heterocycles. The van der Waals surface area contributed by atoms with Crippen molar-refractivity contribution >= 4 is 6.08 Å². The SMILES string of the molecule is C[C@]12Cc3cnn(-c4ccc(F)cc4)c3C=C1CCC[C@@H]2[C@@H](O)c1ccc(C(F)(F)F)cc1. The Balaban J connectivity index is 1.47. The first kappa shape index (κ1) is 21.9. The Bertz CT molecular complexity index is 1190. The average Bonchev–Trinajstić information content (AvgIpc) is 3.18. The van der Waals surface area contributed by atoms with Gasteiger partial charge >= 0.3 is 6.18 Å². The molecule has 5 rings (SSSR count). The summed E-state index contributed by atoms with van der Waals surface area (Å²) >= 11 is 0. The van der Waals surface area contributed by atoms with Crippen LogP contribution in [0.3, 0.4) is 0 Å². The maximum absolute atomic E-state index is 13.4. The Morgan fingerprint density at radius 2 is 1.79 bits per heavy atom. The van der Waals surface area contributed by atoms with Crippen molar-refractivity contribution in [2.75, 3.05) is 0 Å². The number of allylic oxidation sites excluding steroid dienone is 1. The first-order valence-corrected chi connectivity index (χ1v) is 11.1. The van der Waals surface area contributed by atoms with Gasteiger partial charge in [-0.05, 0) is 90.6 Å². The standard InChI is InChI=1S/C26H24F4N2O/c1-25-14-17-15-31-32(21-11-9-20(27)10-12-21)23(17)13-19(25)3-2-4-22(25)24(33)16-5-7-18(8-6-16)26(28,29)30/h5-13,15,22,24,33H,2-4,14H2,1H3/t22-,24+,25+/m1/s1. The van der Waals surface area contributed by atoms with E-state index in [0.717, 1.165) is 48.3 Å². The van der Waals surface area contributed by atoms with Crippen LogP contribution in [0, 0.1) is 17.2 Å². The van der Waals surface area contributed by atoms with Crippen molar-refractivity contribution in [3.8, 4) is 5.69 Å². The number of fused-ring (bicyclic) bond motifs is 2. The lowest BCUT2D eigenvalue weighted by atomic mass is 9.57. The van der Waals surface area contributed by atoms with Crippen LogP contribution in [0.1, 0.15) is 54.7 Å². The van der Waals surface area contributed by atoms with Gasteiger partial charge in [-0.25, -0.2) is 9.07 Å². The molecule has 172 valence electrons. The highest BCUT2D eigenvalue weighted by atomic mass is 19.4. The van der Waals surface area contributed by atoms with Crippen molar-refractivity contribution < 1.29 is 22.7 Å². The topological polar surface area (TPSA) is 38.0 Å². The van der Waals surface area contributed by atoms with Gasteiger partial charge in [-0.2, -0.15) is 18.3 Å². The molecule has 0 spiro atoms. The summed E-state index contributed by atoms with van der Waals surface area (Å²) in [5.74, 6) is -0.436. The summed E-state index contributed by atoms with van der Waals surface area (Å²) in [5, 5.41) is 15.8. The lowest BCUT2D eigenvalue weighted by molar-refractivity contribution is -0.137. The highest BCUT2D eigenvalue weighted by molar-refractivity contribution is 5.61. The van der Waals surface area contributed by atoms with Gasteiger partial charge in [-0.1, -0.05) is 24.6 Å². The monoisotopic (exact) mass is 456 g/mol. The van der Waals surface area contributed by atoms with E-state index < -0.39 is 17.8 Å². The number of alkyl halides is 3. The third-order valence-electron chi connectivity index (χ3n) is 7.30. The van der Waals surface area contributed by atoms with Crippen LogP contribution in [-0.2, 0) is 12.6 Å². The second-order valence-corrected chi connectivity index (χ2v) is 9.27. The molecular formula is C26H24F4N2O. The maximum Gasteiger partial charge on any atom is 0.416 e. The number of hydrogen-bond donors (Lipinski definition) is 1. The van der Waals surface area contributed by atoms with Crippen LogP contribution in [0.2, 0.25) is 0 Å². The Morgan fingerprint density at radius 3 is 2.45 bits per heavy atom. The molecule has 0 amide bonds. The molecule has 1 aromatic heterocycles.